The topological polar surface area (TPSA) is 115 Å². The van der Waals surface area contributed by atoms with E-state index < -0.39 is 0 Å². The number of ether oxygens (including phenoxy) is 3. The minimum atomic E-state index is -0.360. The Kier molecular flexibility index (Phi) is 8.49. The van der Waals surface area contributed by atoms with Gasteiger partial charge in [-0.3, -0.25) is 14.4 Å². The van der Waals surface area contributed by atoms with Crippen LogP contribution in [0.4, 0.5) is 0 Å². The molecule has 0 atom stereocenters. The molecule has 0 heterocycles. The molecule has 0 saturated carbocycles. The monoisotopic (exact) mass is 415 g/mol. The Hall–Kier alpha value is -3.75. The smallest absolute Gasteiger partial charge is 0.251 e. The van der Waals surface area contributed by atoms with Gasteiger partial charge in [-0.05, 0) is 24.3 Å². The van der Waals surface area contributed by atoms with Crippen molar-refractivity contribution in [1.82, 2.24) is 16.0 Å². The summed E-state index contributed by atoms with van der Waals surface area (Å²) in [5.74, 6) is 0.0685. The van der Waals surface area contributed by atoms with Crippen LogP contribution in [-0.2, 0) is 4.79 Å². The van der Waals surface area contributed by atoms with E-state index in [4.69, 9.17) is 14.2 Å². The van der Waals surface area contributed by atoms with Gasteiger partial charge in [-0.25, -0.2) is 0 Å². The van der Waals surface area contributed by atoms with Crippen LogP contribution >= 0.6 is 0 Å². The van der Waals surface area contributed by atoms with Gasteiger partial charge in [-0.2, -0.15) is 0 Å². The molecule has 3 amide bonds. The fourth-order valence-electron chi connectivity index (χ4n) is 2.61. The van der Waals surface area contributed by atoms with Crippen molar-refractivity contribution >= 4 is 17.7 Å². The average molecular weight is 415 g/mol. The van der Waals surface area contributed by atoms with Crippen LogP contribution in [0.15, 0.2) is 42.5 Å². The van der Waals surface area contributed by atoms with E-state index in [0.717, 1.165) is 0 Å². The lowest BCUT2D eigenvalue weighted by molar-refractivity contribution is -0.120. The van der Waals surface area contributed by atoms with Crippen LogP contribution in [0.25, 0.3) is 0 Å². The summed E-state index contributed by atoms with van der Waals surface area (Å²) >= 11 is 0. The van der Waals surface area contributed by atoms with Crippen molar-refractivity contribution in [2.75, 3.05) is 41.0 Å². The van der Waals surface area contributed by atoms with E-state index in [2.05, 4.69) is 16.0 Å². The molecule has 0 bridgehead atoms. The van der Waals surface area contributed by atoms with Crippen LogP contribution in [0.2, 0.25) is 0 Å². The highest BCUT2D eigenvalue weighted by atomic mass is 16.5. The molecule has 0 aliphatic rings. The summed E-state index contributed by atoms with van der Waals surface area (Å²) in [5.41, 5.74) is 0.800. The third-order valence-corrected chi connectivity index (χ3v) is 4.11. The van der Waals surface area contributed by atoms with Crippen molar-refractivity contribution in [2.45, 2.75) is 0 Å². The third kappa shape index (κ3) is 6.13. The van der Waals surface area contributed by atoms with E-state index in [9.17, 15) is 14.4 Å². The summed E-state index contributed by atoms with van der Waals surface area (Å²) in [6, 6.07) is 11.7. The average Bonchev–Trinajstić information content (AvgIpc) is 2.79. The number of hydrogen-bond donors (Lipinski definition) is 3. The van der Waals surface area contributed by atoms with Gasteiger partial charge in [0.2, 0.25) is 11.7 Å². The first-order valence-corrected chi connectivity index (χ1v) is 9.18. The van der Waals surface area contributed by atoms with E-state index in [-0.39, 0.29) is 37.4 Å². The second-order valence-electron chi connectivity index (χ2n) is 6.07. The fourth-order valence-corrected chi connectivity index (χ4v) is 2.61. The summed E-state index contributed by atoms with van der Waals surface area (Å²) in [5, 5.41) is 7.85. The van der Waals surface area contributed by atoms with E-state index in [0.29, 0.717) is 28.4 Å². The van der Waals surface area contributed by atoms with Crippen molar-refractivity contribution in [3.05, 3.63) is 53.6 Å². The van der Waals surface area contributed by atoms with Crippen LogP contribution in [0.1, 0.15) is 20.7 Å². The van der Waals surface area contributed by atoms with Gasteiger partial charge in [0.05, 0.1) is 27.9 Å². The van der Waals surface area contributed by atoms with Crippen LogP contribution in [0, 0.1) is 0 Å². The summed E-state index contributed by atoms with van der Waals surface area (Å²) in [6.45, 7) is 0.249. The molecule has 0 fully saturated rings. The first kappa shape index (κ1) is 22.5. The normalized spacial score (nSPS) is 9.97. The van der Waals surface area contributed by atoms with Gasteiger partial charge in [0.25, 0.3) is 11.8 Å². The summed E-state index contributed by atoms with van der Waals surface area (Å²) in [6.07, 6.45) is 0. The number of amides is 3. The molecule has 0 aromatic heterocycles. The second kappa shape index (κ2) is 11.3. The van der Waals surface area contributed by atoms with E-state index in [1.807, 2.05) is 0 Å². The third-order valence-electron chi connectivity index (χ3n) is 4.11. The number of carbonyl (C=O) groups excluding carboxylic acids is 3. The summed E-state index contributed by atoms with van der Waals surface area (Å²) in [7, 11) is 4.40. The lowest BCUT2D eigenvalue weighted by Crippen LogP contribution is -2.40. The molecule has 9 heteroatoms. The van der Waals surface area contributed by atoms with Gasteiger partial charge in [-0.1, -0.05) is 18.2 Å². The summed E-state index contributed by atoms with van der Waals surface area (Å²) < 4.78 is 15.7. The van der Waals surface area contributed by atoms with Gasteiger partial charge in [0.15, 0.2) is 11.5 Å². The number of hydrogen-bond acceptors (Lipinski definition) is 6. The Labute approximate surface area is 174 Å². The zero-order chi connectivity index (χ0) is 21.9. The van der Waals surface area contributed by atoms with Crippen molar-refractivity contribution in [2.24, 2.45) is 0 Å². The molecule has 0 aliphatic carbocycles. The number of methoxy groups -OCH3 is 3. The molecule has 30 heavy (non-hydrogen) atoms. The predicted molar refractivity (Wildman–Crippen MR) is 110 cm³/mol. The van der Waals surface area contributed by atoms with Crippen molar-refractivity contribution < 1.29 is 28.6 Å². The Bertz CT molecular complexity index is 861. The Balaban J connectivity index is 1.78. The molecule has 0 saturated heterocycles. The lowest BCUT2D eigenvalue weighted by atomic mass is 10.1. The number of rotatable bonds is 10. The van der Waals surface area contributed by atoms with Gasteiger partial charge in [-0.15, -0.1) is 0 Å². The van der Waals surface area contributed by atoms with E-state index in [1.165, 1.54) is 33.5 Å². The fraction of sp³-hybridized carbons (Fsp3) is 0.286. The molecule has 9 nitrogen and oxygen atoms in total. The van der Waals surface area contributed by atoms with E-state index >= 15 is 0 Å². The van der Waals surface area contributed by atoms with E-state index in [1.54, 1.807) is 30.3 Å². The highest BCUT2D eigenvalue weighted by Crippen LogP contribution is 2.38. The van der Waals surface area contributed by atoms with Gasteiger partial charge in [0.1, 0.15) is 0 Å². The number of nitrogens with one attached hydrogen (secondary N) is 3. The van der Waals surface area contributed by atoms with Crippen LogP contribution in [-0.4, -0.2) is 58.7 Å². The molecule has 0 radical (unpaired) electrons. The van der Waals surface area contributed by atoms with Gasteiger partial charge < -0.3 is 30.2 Å². The van der Waals surface area contributed by atoms with Crippen molar-refractivity contribution in [3.8, 4) is 17.2 Å². The molecule has 3 N–H and O–H groups in total. The lowest BCUT2D eigenvalue weighted by Gasteiger charge is -2.14. The molecule has 2 aromatic carbocycles. The SMILES string of the molecule is COc1cc(C(=O)NCCNC(=O)CNC(=O)c2ccccc2)cc(OC)c1OC. The first-order valence-electron chi connectivity index (χ1n) is 9.18. The standard InChI is InChI=1S/C21H25N3O6/c1-28-16-11-15(12-17(29-2)19(16)30-3)21(27)23-10-9-22-18(25)13-24-20(26)14-7-5-4-6-8-14/h4-8,11-12H,9-10,13H2,1-3H3,(H,22,25)(H,23,27)(H,24,26). The maximum Gasteiger partial charge on any atom is 0.251 e. The van der Waals surface area contributed by atoms with Crippen molar-refractivity contribution in [1.29, 1.82) is 0 Å². The zero-order valence-corrected chi connectivity index (χ0v) is 17.1. The largest absolute Gasteiger partial charge is 0.493 e. The Morgan fingerprint density at radius 1 is 0.733 bits per heavy atom. The quantitative estimate of drug-likeness (QED) is 0.499. The molecular formula is C21H25N3O6. The second-order valence-corrected chi connectivity index (χ2v) is 6.07. The highest BCUT2D eigenvalue weighted by Gasteiger charge is 2.16. The zero-order valence-electron chi connectivity index (χ0n) is 17.1. The van der Waals surface area contributed by atoms with Crippen LogP contribution in [0.5, 0.6) is 17.2 Å². The van der Waals surface area contributed by atoms with Crippen molar-refractivity contribution in [3.63, 3.8) is 0 Å². The molecule has 0 aliphatic heterocycles. The molecular weight excluding hydrogens is 390 g/mol. The molecule has 2 aromatic rings. The molecule has 2 rings (SSSR count). The number of carbonyl (C=O) groups is 3. The van der Waals surface area contributed by atoms with Crippen LogP contribution in [0.3, 0.4) is 0 Å². The molecule has 160 valence electrons. The Morgan fingerprint density at radius 2 is 1.30 bits per heavy atom. The maximum atomic E-state index is 12.4. The minimum absolute atomic E-state index is 0.158. The maximum absolute atomic E-state index is 12.4. The van der Waals surface area contributed by atoms with Gasteiger partial charge in [0, 0.05) is 24.2 Å². The summed E-state index contributed by atoms with van der Waals surface area (Å²) in [4.78, 5) is 36.1. The first-order chi connectivity index (χ1) is 14.5. The van der Waals surface area contributed by atoms with Crippen LogP contribution < -0.4 is 30.2 Å². The predicted octanol–water partition coefficient (Wildman–Crippen LogP) is 0.988. The molecule has 0 unspecified atom stereocenters. The number of benzene rings is 2. The van der Waals surface area contributed by atoms with Gasteiger partial charge >= 0.3 is 0 Å². The Morgan fingerprint density at radius 3 is 1.87 bits per heavy atom. The minimum Gasteiger partial charge on any atom is -0.493 e. The molecule has 0 spiro atoms. The highest BCUT2D eigenvalue weighted by molar-refractivity contribution is 5.96.